The molecular formula is C9H10BrNO. The molecule has 1 aromatic rings. The van der Waals surface area contributed by atoms with E-state index in [4.69, 9.17) is 4.74 Å². The van der Waals surface area contributed by atoms with Gasteiger partial charge >= 0.3 is 0 Å². The van der Waals surface area contributed by atoms with Gasteiger partial charge in [-0.15, -0.1) is 0 Å². The fraction of sp³-hybridized carbons (Fsp3) is 0.444. The lowest BCUT2D eigenvalue weighted by Crippen LogP contribution is -1.98. The maximum absolute atomic E-state index is 5.67. The zero-order valence-corrected chi connectivity index (χ0v) is 8.47. The molecule has 0 N–H and O–H groups in total. The van der Waals surface area contributed by atoms with Crippen LogP contribution in [0.25, 0.3) is 0 Å². The first-order valence-corrected chi connectivity index (χ1v) is 4.84. The third-order valence-electron chi connectivity index (χ3n) is 1.91. The summed E-state index contributed by atoms with van der Waals surface area (Å²) in [5, 5.41) is 0. The number of hydrogen-bond donors (Lipinski definition) is 0. The van der Waals surface area contributed by atoms with Crippen LogP contribution in [0, 0.1) is 6.92 Å². The predicted molar refractivity (Wildman–Crippen MR) is 50.3 cm³/mol. The highest BCUT2D eigenvalue weighted by atomic mass is 79.9. The molecule has 12 heavy (non-hydrogen) atoms. The van der Waals surface area contributed by atoms with Crippen LogP contribution in [0.1, 0.15) is 18.4 Å². The van der Waals surface area contributed by atoms with Crippen LogP contribution in [-0.4, -0.2) is 11.1 Å². The number of nitrogens with zero attached hydrogens (tertiary/aromatic N) is 1. The molecule has 1 heterocycles. The van der Waals surface area contributed by atoms with E-state index in [1.54, 1.807) is 6.20 Å². The Bertz CT molecular complexity index is 297. The fourth-order valence-corrected chi connectivity index (χ4v) is 1.30. The van der Waals surface area contributed by atoms with Crippen molar-refractivity contribution in [2.24, 2.45) is 0 Å². The number of halogens is 1. The predicted octanol–water partition coefficient (Wildman–Crippen LogP) is 2.69. The summed E-state index contributed by atoms with van der Waals surface area (Å²) in [4.78, 5) is 4.10. The van der Waals surface area contributed by atoms with Crippen molar-refractivity contribution < 1.29 is 4.74 Å². The molecule has 1 saturated carbocycles. The van der Waals surface area contributed by atoms with Crippen molar-refractivity contribution in [1.29, 1.82) is 0 Å². The number of ether oxygens (including phenoxy) is 1. The largest absolute Gasteiger partial charge is 0.490 e. The highest BCUT2D eigenvalue weighted by Crippen LogP contribution is 2.30. The summed E-state index contributed by atoms with van der Waals surface area (Å²) >= 11 is 3.37. The standard InChI is InChI=1S/C9H10BrNO/c1-6-8(12-7-2-3-7)4-5-11-9(6)10/h4-5,7H,2-3H2,1H3. The molecule has 1 aliphatic rings. The highest BCUT2D eigenvalue weighted by Gasteiger charge is 2.24. The van der Waals surface area contributed by atoms with E-state index in [-0.39, 0.29) is 0 Å². The summed E-state index contributed by atoms with van der Waals surface area (Å²) < 4.78 is 6.54. The lowest BCUT2D eigenvalue weighted by Gasteiger charge is -2.07. The Morgan fingerprint density at radius 3 is 3.00 bits per heavy atom. The minimum atomic E-state index is 0.456. The van der Waals surface area contributed by atoms with Crippen molar-refractivity contribution in [3.63, 3.8) is 0 Å². The Hall–Kier alpha value is -0.570. The van der Waals surface area contributed by atoms with Crippen LogP contribution in [-0.2, 0) is 0 Å². The second-order valence-electron chi connectivity index (χ2n) is 3.04. The number of hydrogen-bond acceptors (Lipinski definition) is 2. The molecule has 3 heteroatoms. The van der Waals surface area contributed by atoms with Crippen LogP contribution in [0.4, 0.5) is 0 Å². The van der Waals surface area contributed by atoms with Gasteiger partial charge in [-0.05, 0) is 41.8 Å². The second kappa shape index (κ2) is 3.05. The molecule has 0 bridgehead atoms. The molecule has 1 aromatic heterocycles. The van der Waals surface area contributed by atoms with Gasteiger partial charge in [0.25, 0.3) is 0 Å². The molecular weight excluding hydrogens is 218 g/mol. The summed E-state index contributed by atoms with van der Waals surface area (Å²) in [6.07, 6.45) is 4.60. The van der Waals surface area contributed by atoms with E-state index in [2.05, 4.69) is 20.9 Å². The molecule has 0 atom stereocenters. The van der Waals surface area contributed by atoms with Crippen molar-refractivity contribution in [1.82, 2.24) is 4.98 Å². The van der Waals surface area contributed by atoms with Crippen LogP contribution in [0.5, 0.6) is 5.75 Å². The van der Waals surface area contributed by atoms with Gasteiger partial charge in [0.05, 0.1) is 6.10 Å². The molecule has 1 aliphatic carbocycles. The minimum absolute atomic E-state index is 0.456. The van der Waals surface area contributed by atoms with Crippen molar-refractivity contribution in [2.75, 3.05) is 0 Å². The van der Waals surface area contributed by atoms with Gasteiger partial charge in [-0.25, -0.2) is 4.98 Å². The summed E-state index contributed by atoms with van der Waals surface area (Å²) in [6, 6.07) is 1.92. The number of pyridine rings is 1. The average Bonchev–Trinajstić information content (AvgIpc) is 2.83. The molecule has 0 unspecified atom stereocenters. The number of rotatable bonds is 2. The quantitative estimate of drug-likeness (QED) is 0.726. The Labute approximate surface area is 80.1 Å². The highest BCUT2D eigenvalue weighted by molar-refractivity contribution is 9.10. The van der Waals surface area contributed by atoms with Gasteiger partial charge in [0.2, 0.25) is 0 Å². The Kier molecular flexibility index (Phi) is 2.05. The van der Waals surface area contributed by atoms with Crippen LogP contribution >= 0.6 is 15.9 Å². The topological polar surface area (TPSA) is 22.1 Å². The molecule has 64 valence electrons. The van der Waals surface area contributed by atoms with E-state index in [0.717, 1.165) is 15.9 Å². The van der Waals surface area contributed by atoms with Crippen molar-refractivity contribution in [3.05, 3.63) is 22.4 Å². The first-order valence-electron chi connectivity index (χ1n) is 4.05. The number of aromatic nitrogens is 1. The van der Waals surface area contributed by atoms with Crippen LogP contribution < -0.4 is 4.74 Å². The maximum Gasteiger partial charge on any atom is 0.126 e. The molecule has 0 spiro atoms. The van der Waals surface area contributed by atoms with Gasteiger partial charge in [0, 0.05) is 11.8 Å². The van der Waals surface area contributed by atoms with Crippen LogP contribution in [0.3, 0.4) is 0 Å². The van der Waals surface area contributed by atoms with Gasteiger partial charge < -0.3 is 4.74 Å². The van der Waals surface area contributed by atoms with E-state index in [9.17, 15) is 0 Å². The Morgan fingerprint density at radius 2 is 2.33 bits per heavy atom. The normalized spacial score (nSPS) is 16.2. The Morgan fingerprint density at radius 1 is 1.58 bits per heavy atom. The summed E-state index contributed by atoms with van der Waals surface area (Å²) in [5.74, 6) is 0.958. The zero-order chi connectivity index (χ0) is 8.55. The van der Waals surface area contributed by atoms with Gasteiger partial charge in [0.1, 0.15) is 10.4 Å². The molecule has 2 rings (SSSR count). The van der Waals surface area contributed by atoms with E-state index < -0.39 is 0 Å². The molecule has 1 fully saturated rings. The molecule has 0 aromatic carbocycles. The van der Waals surface area contributed by atoms with Crippen molar-refractivity contribution in [3.8, 4) is 5.75 Å². The third-order valence-corrected chi connectivity index (χ3v) is 2.71. The van der Waals surface area contributed by atoms with Gasteiger partial charge in [-0.1, -0.05) is 0 Å². The molecule has 0 radical (unpaired) electrons. The molecule has 2 nitrogen and oxygen atoms in total. The summed E-state index contributed by atoms with van der Waals surface area (Å²) in [7, 11) is 0. The fourth-order valence-electron chi connectivity index (χ4n) is 0.987. The second-order valence-corrected chi connectivity index (χ2v) is 3.79. The summed E-state index contributed by atoms with van der Waals surface area (Å²) in [6.45, 7) is 2.01. The zero-order valence-electron chi connectivity index (χ0n) is 6.88. The SMILES string of the molecule is Cc1c(OC2CC2)ccnc1Br. The first-order chi connectivity index (χ1) is 5.77. The smallest absolute Gasteiger partial charge is 0.126 e. The lowest BCUT2D eigenvalue weighted by atomic mass is 10.3. The minimum Gasteiger partial charge on any atom is -0.490 e. The average molecular weight is 228 g/mol. The third kappa shape index (κ3) is 1.61. The van der Waals surface area contributed by atoms with E-state index in [1.807, 2.05) is 13.0 Å². The van der Waals surface area contributed by atoms with Gasteiger partial charge in [-0.3, -0.25) is 0 Å². The summed E-state index contributed by atoms with van der Waals surface area (Å²) in [5.41, 5.74) is 1.09. The maximum atomic E-state index is 5.67. The van der Waals surface area contributed by atoms with Crippen molar-refractivity contribution >= 4 is 15.9 Å². The Balaban J connectivity index is 2.23. The molecule has 0 saturated heterocycles. The monoisotopic (exact) mass is 227 g/mol. The van der Waals surface area contributed by atoms with Crippen molar-refractivity contribution in [2.45, 2.75) is 25.9 Å². The van der Waals surface area contributed by atoms with E-state index in [1.165, 1.54) is 12.8 Å². The molecule has 0 amide bonds. The van der Waals surface area contributed by atoms with Gasteiger partial charge in [-0.2, -0.15) is 0 Å². The van der Waals surface area contributed by atoms with E-state index in [0.29, 0.717) is 6.10 Å². The van der Waals surface area contributed by atoms with Gasteiger partial charge in [0.15, 0.2) is 0 Å². The van der Waals surface area contributed by atoms with Crippen LogP contribution in [0.2, 0.25) is 0 Å². The molecule has 0 aliphatic heterocycles. The lowest BCUT2D eigenvalue weighted by molar-refractivity contribution is 0.300. The first kappa shape index (κ1) is 8.05. The van der Waals surface area contributed by atoms with Crippen LogP contribution in [0.15, 0.2) is 16.9 Å². The van der Waals surface area contributed by atoms with E-state index >= 15 is 0 Å².